The highest BCUT2D eigenvalue weighted by atomic mass is 16.3. The third kappa shape index (κ3) is 0.597. The Hall–Kier alpha value is -0.0800. The minimum Gasteiger partial charge on any atom is -0.276 e. The van der Waals surface area contributed by atoms with Crippen molar-refractivity contribution in [2.75, 3.05) is 19.8 Å². The number of hydrogen-bond acceptors (Lipinski definition) is 1. The summed E-state index contributed by atoms with van der Waals surface area (Å²) >= 11 is 0. The van der Waals surface area contributed by atoms with Gasteiger partial charge >= 0.3 is 0 Å². The molecule has 0 aromatic rings. The van der Waals surface area contributed by atoms with E-state index in [0.717, 1.165) is 13.1 Å². The van der Waals surface area contributed by atoms with Crippen LogP contribution in [0.1, 0.15) is 0 Å². The summed E-state index contributed by atoms with van der Waals surface area (Å²) in [7, 11) is 0. The van der Waals surface area contributed by atoms with Crippen molar-refractivity contribution in [2.24, 2.45) is 0 Å². The molecular formula is C3H6NO. The van der Waals surface area contributed by atoms with E-state index in [0.29, 0.717) is 0 Å². The molecule has 1 aliphatic rings. The van der Waals surface area contributed by atoms with Crippen LogP contribution < -0.4 is 0 Å². The molecule has 5 heavy (non-hydrogen) atoms. The minimum atomic E-state index is 0. The largest absolute Gasteiger partial charge is 0.276 e. The predicted octanol–water partition coefficient (Wildman–Crippen LogP) is -0.310. The first-order valence-corrected chi connectivity index (χ1v) is 1.74. The van der Waals surface area contributed by atoms with E-state index >= 15 is 0 Å². The van der Waals surface area contributed by atoms with E-state index in [9.17, 15) is 5.11 Å². The third-order valence-corrected chi connectivity index (χ3v) is 0.722. The first-order chi connectivity index (χ1) is 2.43. The van der Waals surface area contributed by atoms with Crippen molar-refractivity contribution < 1.29 is 5.11 Å². The van der Waals surface area contributed by atoms with Gasteiger partial charge in [0.1, 0.15) is 6.73 Å². The van der Waals surface area contributed by atoms with Crippen molar-refractivity contribution in [3.8, 4) is 0 Å². The zero-order chi connectivity index (χ0) is 3.70. The van der Waals surface area contributed by atoms with Crippen molar-refractivity contribution in [2.45, 2.75) is 0 Å². The molecule has 1 aliphatic heterocycles. The fraction of sp³-hybridized carbons (Fsp3) is 1.00. The highest BCUT2D eigenvalue weighted by Crippen LogP contribution is 1.97. The zero-order valence-electron chi connectivity index (χ0n) is 2.98. The van der Waals surface area contributed by atoms with E-state index < -0.39 is 0 Å². The molecule has 2 nitrogen and oxygen atoms in total. The van der Waals surface area contributed by atoms with Crippen molar-refractivity contribution in [1.82, 2.24) is 4.90 Å². The van der Waals surface area contributed by atoms with Gasteiger partial charge in [0.15, 0.2) is 0 Å². The molecule has 29 valence electrons. The Bertz CT molecular complexity index is 33.9. The van der Waals surface area contributed by atoms with Gasteiger partial charge in [0, 0.05) is 13.1 Å². The van der Waals surface area contributed by atoms with Crippen molar-refractivity contribution in [1.29, 1.82) is 0 Å². The lowest BCUT2D eigenvalue weighted by atomic mass is 11.0. The van der Waals surface area contributed by atoms with E-state index in [-0.39, 0.29) is 6.73 Å². The minimum absolute atomic E-state index is 0. The zero-order valence-corrected chi connectivity index (χ0v) is 2.98. The molecular weight excluding hydrogens is 66.0 g/mol. The first-order valence-electron chi connectivity index (χ1n) is 1.74. The Kier molecular flexibility index (Phi) is 0.596. The molecule has 0 saturated carbocycles. The van der Waals surface area contributed by atoms with Gasteiger partial charge in [-0.05, 0) is 0 Å². The lowest BCUT2D eigenvalue weighted by Gasteiger charge is -1.78. The van der Waals surface area contributed by atoms with Crippen LogP contribution in [0.25, 0.3) is 0 Å². The second kappa shape index (κ2) is 0.954. The van der Waals surface area contributed by atoms with Crippen molar-refractivity contribution in [3.63, 3.8) is 0 Å². The molecule has 1 radical (unpaired) electrons. The molecule has 0 spiro atoms. The van der Waals surface area contributed by atoms with Gasteiger partial charge < -0.3 is 0 Å². The summed E-state index contributed by atoms with van der Waals surface area (Å²) in [4.78, 5) is 1.82. The Balaban J connectivity index is 2.00. The number of rotatable bonds is 1. The standard InChI is InChI=1S/C3H6NO/c5-3-4-1-2-4/h1-3H2. The summed E-state index contributed by atoms with van der Waals surface area (Å²) in [5.74, 6) is 0. The van der Waals surface area contributed by atoms with Gasteiger partial charge in [0.2, 0.25) is 0 Å². The second-order valence-corrected chi connectivity index (χ2v) is 1.25. The van der Waals surface area contributed by atoms with Gasteiger partial charge in [0.05, 0.1) is 0 Å². The highest BCUT2D eigenvalue weighted by Gasteiger charge is 2.14. The Morgan fingerprint density at radius 2 is 2.20 bits per heavy atom. The maximum Gasteiger partial charge on any atom is 0.135 e. The van der Waals surface area contributed by atoms with E-state index in [1.165, 1.54) is 0 Å². The van der Waals surface area contributed by atoms with Crippen LogP contribution in [0.3, 0.4) is 0 Å². The van der Waals surface area contributed by atoms with Crippen LogP contribution in [0.15, 0.2) is 0 Å². The lowest BCUT2D eigenvalue weighted by Crippen LogP contribution is -1.92. The predicted molar refractivity (Wildman–Crippen MR) is 17.1 cm³/mol. The molecule has 0 aromatic carbocycles. The monoisotopic (exact) mass is 72.0 g/mol. The first kappa shape index (κ1) is 3.12. The maximum atomic E-state index is 9.62. The molecule has 1 fully saturated rings. The van der Waals surface area contributed by atoms with Crippen molar-refractivity contribution in [3.05, 3.63) is 0 Å². The van der Waals surface area contributed by atoms with Crippen LogP contribution in [-0.4, -0.2) is 24.7 Å². The summed E-state index contributed by atoms with van der Waals surface area (Å²) in [5.41, 5.74) is 0. The molecule has 0 N–H and O–H groups in total. The molecule has 1 heterocycles. The SMILES string of the molecule is [O]CN1CC1. The molecule has 0 amide bonds. The fourth-order valence-electron chi connectivity index (χ4n) is 0.200. The van der Waals surface area contributed by atoms with Gasteiger partial charge in [-0.1, -0.05) is 0 Å². The maximum absolute atomic E-state index is 9.62. The van der Waals surface area contributed by atoms with Crippen LogP contribution in [0.2, 0.25) is 0 Å². The molecule has 0 aliphatic carbocycles. The molecule has 0 bridgehead atoms. The van der Waals surface area contributed by atoms with Gasteiger partial charge in [0.25, 0.3) is 0 Å². The molecule has 2 heteroatoms. The highest BCUT2D eigenvalue weighted by molar-refractivity contribution is 4.66. The van der Waals surface area contributed by atoms with E-state index in [1.54, 1.807) is 0 Å². The molecule has 1 saturated heterocycles. The normalized spacial score (nSPS) is 23.4. The van der Waals surface area contributed by atoms with E-state index in [2.05, 4.69) is 0 Å². The second-order valence-electron chi connectivity index (χ2n) is 1.25. The summed E-state index contributed by atoms with van der Waals surface area (Å²) in [5, 5.41) is 9.62. The summed E-state index contributed by atoms with van der Waals surface area (Å²) in [6.07, 6.45) is 0. The number of hydrogen-bond donors (Lipinski definition) is 0. The third-order valence-electron chi connectivity index (χ3n) is 0.722. The number of nitrogens with zero attached hydrogens (tertiary/aromatic N) is 1. The van der Waals surface area contributed by atoms with E-state index in [4.69, 9.17) is 0 Å². The smallest absolute Gasteiger partial charge is 0.135 e. The molecule has 0 atom stereocenters. The molecule has 1 rings (SSSR count). The average Bonchev–Trinajstić information content (AvgIpc) is 2.12. The van der Waals surface area contributed by atoms with Crippen LogP contribution in [0.4, 0.5) is 0 Å². The lowest BCUT2D eigenvalue weighted by molar-refractivity contribution is 0.123. The van der Waals surface area contributed by atoms with Gasteiger partial charge in [-0.15, -0.1) is 0 Å². The van der Waals surface area contributed by atoms with Crippen LogP contribution in [0.5, 0.6) is 0 Å². The van der Waals surface area contributed by atoms with Gasteiger partial charge in [-0.25, -0.2) is 5.11 Å². The summed E-state index contributed by atoms with van der Waals surface area (Å²) in [6, 6.07) is 0. The van der Waals surface area contributed by atoms with E-state index in [1.807, 2.05) is 4.90 Å². The summed E-state index contributed by atoms with van der Waals surface area (Å²) in [6.45, 7) is 2.06. The fourth-order valence-corrected chi connectivity index (χ4v) is 0.200. The van der Waals surface area contributed by atoms with Gasteiger partial charge in [-0.3, -0.25) is 4.90 Å². The molecule has 0 aromatic heterocycles. The summed E-state index contributed by atoms with van der Waals surface area (Å²) < 4.78 is 0. The average molecular weight is 72.1 g/mol. The van der Waals surface area contributed by atoms with Crippen LogP contribution in [0, 0.1) is 0 Å². The van der Waals surface area contributed by atoms with Crippen LogP contribution >= 0.6 is 0 Å². The topological polar surface area (TPSA) is 22.9 Å². The Morgan fingerprint density at radius 1 is 1.60 bits per heavy atom. The van der Waals surface area contributed by atoms with Gasteiger partial charge in [-0.2, -0.15) is 0 Å². The Labute approximate surface area is 31.0 Å². The quantitative estimate of drug-likeness (QED) is 0.390. The van der Waals surface area contributed by atoms with Crippen LogP contribution in [-0.2, 0) is 5.11 Å². The Morgan fingerprint density at radius 3 is 2.20 bits per heavy atom. The van der Waals surface area contributed by atoms with Crippen molar-refractivity contribution >= 4 is 0 Å². The molecule has 0 unspecified atom stereocenters.